The summed E-state index contributed by atoms with van der Waals surface area (Å²) >= 11 is 0. The Kier molecular flexibility index (Phi) is 3.70. The third-order valence-corrected chi connectivity index (χ3v) is 2.43. The highest BCUT2D eigenvalue weighted by atomic mass is 16.2. The molecule has 0 aromatic rings. The first-order valence-corrected chi connectivity index (χ1v) is 5.13. The Balaban J connectivity index is 2.71. The molecule has 0 aliphatic carbocycles. The van der Waals surface area contributed by atoms with E-state index in [9.17, 15) is 4.79 Å². The van der Waals surface area contributed by atoms with Crippen LogP contribution < -0.4 is 0 Å². The molecule has 0 fully saturated rings. The number of hydrogen-bond donors (Lipinski definition) is 0. The van der Waals surface area contributed by atoms with E-state index in [0.717, 1.165) is 18.4 Å². The first-order chi connectivity index (χ1) is 6.72. The molecule has 0 saturated carbocycles. The highest BCUT2D eigenvalue weighted by Crippen LogP contribution is 2.22. The predicted molar refractivity (Wildman–Crippen MR) is 54.1 cm³/mol. The van der Waals surface area contributed by atoms with Crippen LogP contribution in [-0.2, 0) is 4.79 Å². The summed E-state index contributed by atoms with van der Waals surface area (Å²) in [5, 5.41) is 8.85. The fourth-order valence-corrected chi connectivity index (χ4v) is 1.69. The molecule has 1 aliphatic heterocycles. The fraction of sp³-hybridized carbons (Fsp3) is 0.636. The third kappa shape index (κ3) is 2.14. The van der Waals surface area contributed by atoms with Crippen molar-refractivity contribution in [2.45, 2.75) is 45.6 Å². The number of carbonyl (C=O) groups excluding carboxylic acids is 1. The number of amides is 1. The molecule has 1 rings (SSSR count). The fourth-order valence-electron chi connectivity index (χ4n) is 1.69. The van der Waals surface area contributed by atoms with Crippen LogP contribution in [0.15, 0.2) is 11.8 Å². The second-order valence-electron chi connectivity index (χ2n) is 3.57. The average molecular weight is 192 g/mol. The van der Waals surface area contributed by atoms with Crippen molar-refractivity contribution in [3.05, 3.63) is 11.8 Å². The van der Waals surface area contributed by atoms with E-state index in [4.69, 9.17) is 5.26 Å². The van der Waals surface area contributed by atoms with E-state index >= 15 is 0 Å². The largest absolute Gasteiger partial charge is 0.302 e. The van der Waals surface area contributed by atoms with Crippen molar-refractivity contribution in [2.75, 3.05) is 0 Å². The lowest BCUT2D eigenvalue weighted by Crippen LogP contribution is -2.31. The van der Waals surface area contributed by atoms with Crippen LogP contribution in [0, 0.1) is 11.3 Å². The molecule has 1 aliphatic rings. The second kappa shape index (κ2) is 4.80. The van der Waals surface area contributed by atoms with Gasteiger partial charge in [0.15, 0.2) is 0 Å². The van der Waals surface area contributed by atoms with E-state index in [2.05, 4.69) is 13.0 Å². The summed E-state index contributed by atoms with van der Waals surface area (Å²) < 4.78 is 0. The van der Waals surface area contributed by atoms with Gasteiger partial charge in [0.05, 0.1) is 6.07 Å². The van der Waals surface area contributed by atoms with Gasteiger partial charge in [-0.3, -0.25) is 4.79 Å². The van der Waals surface area contributed by atoms with E-state index in [0.29, 0.717) is 12.8 Å². The summed E-state index contributed by atoms with van der Waals surface area (Å²) in [6, 6.07) is 1.87. The van der Waals surface area contributed by atoms with E-state index in [1.807, 2.05) is 13.1 Å². The summed E-state index contributed by atoms with van der Waals surface area (Å²) in [5.74, 6) is 0.0712. The Bertz CT molecular complexity index is 288. The lowest BCUT2D eigenvalue weighted by atomic mass is 10.1. The molecule has 14 heavy (non-hydrogen) atoms. The van der Waals surface area contributed by atoms with Crippen LogP contribution >= 0.6 is 0 Å². The van der Waals surface area contributed by atoms with Crippen molar-refractivity contribution in [2.24, 2.45) is 0 Å². The maximum atomic E-state index is 11.5. The molecular weight excluding hydrogens is 176 g/mol. The van der Waals surface area contributed by atoms with E-state index in [1.54, 1.807) is 4.90 Å². The summed E-state index contributed by atoms with van der Waals surface area (Å²) in [5.41, 5.74) is 1.16. The smallest absolute Gasteiger partial charge is 0.231 e. The van der Waals surface area contributed by atoms with Crippen LogP contribution in [0.1, 0.15) is 39.5 Å². The minimum atomic E-state index is -0.281. The topological polar surface area (TPSA) is 44.1 Å². The minimum absolute atomic E-state index is 0.0712. The van der Waals surface area contributed by atoms with Crippen LogP contribution in [0.3, 0.4) is 0 Å². The van der Waals surface area contributed by atoms with Gasteiger partial charge in [-0.25, -0.2) is 0 Å². The first kappa shape index (κ1) is 10.8. The third-order valence-electron chi connectivity index (χ3n) is 2.43. The molecule has 1 heterocycles. The highest BCUT2D eigenvalue weighted by molar-refractivity contribution is 5.83. The quantitative estimate of drug-likeness (QED) is 0.685. The molecular formula is C11H16N2O. The van der Waals surface area contributed by atoms with Gasteiger partial charge < -0.3 is 4.90 Å². The van der Waals surface area contributed by atoms with Gasteiger partial charge >= 0.3 is 0 Å². The molecule has 76 valence electrons. The van der Waals surface area contributed by atoms with Gasteiger partial charge in [0.2, 0.25) is 5.91 Å². The van der Waals surface area contributed by atoms with Crippen molar-refractivity contribution in [3.8, 4) is 6.07 Å². The SMILES string of the molecule is CCCC1=CN(C(C#N)CC)C(=O)C1. The monoisotopic (exact) mass is 192 g/mol. The van der Waals surface area contributed by atoms with Crippen LogP contribution in [0.4, 0.5) is 0 Å². The van der Waals surface area contributed by atoms with Gasteiger partial charge in [0, 0.05) is 12.6 Å². The normalized spacial score (nSPS) is 17.9. The molecule has 0 N–H and O–H groups in total. The highest BCUT2D eigenvalue weighted by Gasteiger charge is 2.26. The summed E-state index contributed by atoms with van der Waals surface area (Å²) in [6.45, 7) is 4.02. The number of hydrogen-bond acceptors (Lipinski definition) is 2. The summed E-state index contributed by atoms with van der Waals surface area (Å²) in [4.78, 5) is 13.1. The van der Waals surface area contributed by atoms with Gasteiger partial charge in [0.1, 0.15) is 6.04 Å². The molecule has 0 bridgehead atoms. The molecule has 1 unspecified atom stereocenters. The molecule has 1 atom stereocenters. The van der Waals surface area contributed by atoms with Crippen molar-refractivity contribution in [1.82, 2.24) is 4.90 Å². The Hall–Kier alpha value is -1.30. The van der Waals surface area contributed by atoms with Crippen LogP contribution in [0.25, 0.3) is 0 Å². The average Bonchev–Trinajstić information content (AvgIpc) is 2.51. The zero-order valence-electron chi connectivity index (χ0n) is 8.79. The summed E-state index contributed by atoms with van der Waals surface area (Å²) in [7, 11) is 0. The molecule has 3 heteroatoms. The van der Waals surface area contributed by atoms with Crippen molar-refractivity contribution >= 4 is 5.91 Å². The standard InChI is InChI=1S/C11H16N2O/c1-3-5-9-6-11(14)13(8-9)10(4-2)7-12/h8,10H,3-6H2,1-2H3. The lowest BCUT2D eigenvalue weighted by molar-refractivity contribution is -0.127. The first-order valence-electron chi connectivity index (χ1n) is 5.13. The molecule has 0 spiro atoms. The van der Waals surface area contributed by atoms with Gasteiger partial charge in [-0.15, -0.1) is 0 Å². The van der Waals surface area contributed by atoms with Crippen molar-refractivity contribution in [3.63, 3.8) is 0 Å². The molecule has 3 nitrogen and oxygen atoms in total. The minimum Gasteiger partial charge on any atom is -0.302 e. The predicted octanol–water partition coefficient (Wildman–Crippen LogP) is 2.20. The molecule has 1 amide bonds. The number of rotatable bonds is 4. The lowest BCUT2D eigenvalue weighted by Gasteiger charge is -2.17. The van der Waals surface area contributed by atoms with Crippen molar-refractivity contribution < 1.29 is 4.79 Å². The van der Waals surface area contributed by atoms with E-state index in [-0.39, 0.29) is 11.9 Å². The molecule has 0 aromatic heterocycles. The zero-order valence-corrected chi connectivity index (χ0v) is 8.79. The maximum Gasteiger partial charge on any atom is 0.231 e. The van der Waals surface area contributed by atoms with Crippen LogP contribution in [-0.4, -0.2) is 16.8 Å². The van der Waals surface area contributed by atoms with Gasteiger partial charge in [-0.1, -0.05) is 20.3 Å². The Morgan fingerprint density at radius 2 is 2.36 bits per heavy atom. The van der Waals surface area contributed by atoms with Crippen LogP contribution in [0.5, 0.6) is 0 Å². The molecule has 0 aromatic carbocycles. The second-order valence-corrected chi connectivity index (χ2v) is 3.57. The zero-order chi connectivity index (χ0) is 10.6. The van der Waals surface area contributed by atoms with Gasteiger partial charge in [-0.05, 0) is 18.4 Å². The Morgan fingerprint density at radius 3 is 2.86 bits per heavy atom. The number of carbonyl (C=O) groups is 1. The number of nitrogens with zero attached hydrogens (tertiary/aromatic N) is 2. The van der Waals surface area contributed by atoms with Gasteiger partial charge in [-0.2, -0.15) is 5.26 Å². The van der Waals surface area contributed by atoms with Crippen LogP contribution in [0.2, 0.25) is 0 Å². The maximum absolute atomic E-state index is 11.5. The summed E-state index contributed by atoms with van der Waals surface area (Å²) in [6.07, 6.45) is 5.08. The van der Waals surface area contributed by atoms with E-state index in [1.165, 1.54) is 0 Å². The molecule has 0 saturated heterocycles. The molecule has 0 radical (unpaired) electrons. The Labute approximate surface area is 85.0 Å². The van der Waals surface area contributed by atoms with Crippen molar-refractivity contribution in [1.29, 1.82) is 5.26 Å². The van der Waals surface area contributed by atoms with Gasteiger partial charge in [0.25, 0.3) is 0 Å². The number of nitriles is 1. The van der Waals surface area contributed by atoms with E-state index < -0.39 is 0 Å². The Morgan fingerprint density at radius 1 is 1.64 bits per heavy atom.